The number of carbonyl (C=O) groups excluding carboxylic acids is 1. The van der Waals surface area contributed by atoms with Gasteiger partial charge in [-0.05, 0) is 75.3 Å². The summed E-state index contributed by atoms with van der Waals surface area (Å²) in [6.07, 6.45) is 17.3. The zero-order valence-corrected chi connectivity index (χ0v) is 23.4. The van der Waals surface area contributed by atoms with Gasteiger partial charge in [-0.2, -0.15) is 0 Å². The van der Waals surface area contributed by atoms with Gasteiger partial charge in [0.1, 0.15) is 0 Å². The van der Waals surface area contributed by atoms with Gasteiger partial charge < -0.3 is 4.90 Å². The fourth-order valence-electron chi connectivity index (χ4n) is 4.46. The number of hydrogen-bond donors (Lipinski definition) is 0. The predicted molar refractivity (Wildman–Crippen MR) is 161 cm³/mol. The van der Waals surface area contributed by atoms with E-state index in [1.807, 2.05) is 32.1 Å². The molecular formula is C33H43N3O. The van der Waals surface area contributed by atoms with Crippen LogP contribution in [0.5, 0.6) is 0 Å². The predicted octanol–water partition coefficient (Wildman–Crippen LogP) is 7.68. The molecule has 1 atom stereocenters. The highest BCUT2D eigenvalue weighted by Crippen LogP contribution is 2.24. The van der Waals surface area contributed by atoms with Gasteiger partial charge in [0.25, 0.3) is 0 Å². The maximum Gasteiger partial charge on any atom is 0.183 e. The Labute approximate surface area is 224 Å². The lowest BCUT2D eigenvalue weighted by Gasteiger charge is -2.23. The standard InChI is InChI=1S/C33H43N3O/c1-10-24(5)19-26(7)30(23(3)4)21-31(34-9)32-22-33(37)27(8)20-28(35-32)14-15-29(11-2)36-17-12-13-25(6)16-18-36/h10-11,14-15,19,21-22,26H,1,3,6,8,12-13,16-18,20H2,2,4-5,7,9H3/b15-14-,24-19-,29-11+,30-21-,34-31+. The van der Waals surface area contributed by atoms with Crippen LogP contribution in [-0.4, -0.2) is 42.2 Å². The van der Waals surface area contributed by atoms with E-state index in [1.54, 1.807) is 13.1 Å². The molecule has 0 saturated carbocycles. The summed E-state index contributed by atoms with van der Waals surface area (Å²) < 4.78 is 0. The molecule has 0 aromatic carbocycles. The Hall–Kier alpha value is -3.53. The minimum atomic E-state index is -0.124. The maximum atomic E-state index is 12.8. The Kier molecular flexibility index (Phi) is 11.5. The lowest BCUT2D eigenvalue weighted by Crippen LogP contribution is -2.23. The van der Waals surface area contributed by atoms with Crippen molar-refractivity contribution in [2.75, 3.05) is 20.1 Å². The van der Waals surface area contributed by atoms with Gasteiger partial charge in [0, 0.05) is 44.0 Å². The fourth-order valence-corrected chi connectivity index (χ4v) is 4.46. The molecule has 0 bridgehead atoms. The van der Waals surface area contributed by atoms with Crippen LogP contribution in [0.4, 0.5) is 0 Å². The van der Waals surface area contributed by atoms with Crippen molar-refractivity contribution in [1.82, 2.24) is 4.90 Å². The van der Waals surface area contributed by atoms with Crippen LogP contribution in [0.15, 0.2) is 118 Å². The number of rotatable bonds is 9. The number of hydrogen-bond acceptors (Lipinski definition) is 4. The topological polar surface area (TPSA) is 45.0 Å². The minimum Gasteiger partial charge on any atom is -0.371 e. The molecule has 196 valence electrons. The Bertz CT molecular complexity index is 1160. The van der Waals surface area contributed by atoms with E-state index in [1.165, 1.54) is 5.57 Å². The summed E-state index contributed by atoms with van der Waals surface area (Å²) in [4.78, 5) is 24.6. The van der Waals surface area contributed by atoms with Crippen LogP contribution in [0.25, 0.3) is 0 Å². The molecule has 0 aliphatic carbocycles. The fraction of sp³-hybridized carbons (Fsp3) is 0.364. The van der Waals surface area contributed by atoms with Crippen molar-refractivity contribution in [3.05, 3.63) is 108 Å². The highest BCUT2D eigenvalue weighted by Gasteiger charge is 2.18. The van der Waals surface area contributed by atoms with E-state index in [9.17, 15) is 4.79 Å². The van der Waals surface area contributed by atoms with Crippen molar-refractivity contribution in [3.63, 3.8) is 0 Å². The van der Waals surface area contributed by atoms with Gasteiger partial charge in [0.15, 0.2) is 5.78 Å². The maximum absolute atomic E-state index is 12.8. The number of ketones is 1. The van der Waals surface area contributed by atoms with Crippen molar-refractivity contribution < 1.29 is 4.79 Å². The summed E-state index contributed by atoms with van der Waals surface area (Å²) >= 11 is 0. The van der Waals surface area contributed by atoms with Crippen LogP contribution in [0.3, 0.4) is 0 Å². The molecule has 4 heteroatoms. The first-order valence-electron chi connectivity index (χ1n) is 13.0. The van der Waals surface area contributed by atoms with E-state index in [-0.39, 0.29) is 11.7 Å². The van der Waals surface area contributed by atoms with E-state index in [0.717, 1.165) is 60.5 Å². The number of aliphatic imine (C=N–C) groups is 2. The van der Waals surface area contributed by atoms with Gasteiger partial charge in [-0.1, -0.05) is 68.2 Å². The van der Waals surface area contributed by atoms with Crippen molar-refractivity contribution in [1.29, 1.82) is 0 Å². The molecule has 1 fully saturated rings. The average molecular weight is 498 g/mol. The smallest absolute Gasteiger partial charge is 0.183 e. The molecule has 0 N–H and O–H groups in total. The quantitative estimate of drug-likeness (QED) is 0.142. The SMILES string of the molecule is C=C/C(C)=C\C(C)/C(=C\C(=N/C)C1=CC(=O)C(=C)CC(/C=C\C(=C/C)N2CCCC(=C)CC2)=N1)C(=C)C. The Morgan fingerprint density at radius 1 is 1.22 bits per heavy atom. The van der Waals surface area contributed by atoms with Gasteiger partial charge >= 0.3 is 0 Å². The molecule has 0 aromatic heterocycles. The first-order valence-corrected chi connectivity index (χ1v) is 13.0. The second kappa shape index (κ2) is 14.3. The first kappa shape index (κ1) is 29.7. The molecule has 2 heterocycles. The molecule has 4 nitrogen and oxygen atoms in total. The van der Waals surface area contributed by atoms with Crippen molar-refractivity contribution >= 4 is 17.2 Å². The summed E-state index contributed by atoms with van der Waals surface area (Å²) in [5.41, 5.74) is 8.00. The lowest BCUT2D eigenvalue weighted by molar-refractivity contribution is -0.111. The van der Waals surface area contributed by atoms with Gasteiger partial charge in [-0.15, -0.1) is 0 Å². The summed E-state index contributed by atoms with van der Waals surface area (Å²) in [7, 11) is 1.72. The molecule has 37 heavy (non-hydrogen) atoms. The number of allylic oxidation sites excluding steroid dienone is 11. The van der Waals surface area contributed by atoms with Crippen molar-refractivity contribution in [3.8, 4) is 0 Å². The highest BCUT2D eigenvalue weighted by atomic mass is 16.1. The highest BCUT2D eigenvalue weighted by molar-refractivity contribution is 6.19. The van der Waals surface area contributed by atoms with Crippen LogP contribution in [0.2, 0.25) is 0 Å². The molecule has 1 unspecified atom stereocenters. The molecule has 1 saturated heterocycles. The van der Waals surface area contributed by atoms with Gasteiger partial charge in [0.2, 0.25) is 0 Å². The molecule has 0 aromatic rings. The summed E-state index contributed by atoms with van der Waals surface area (Å²) in [6, 6.07) is 0. The Morgan fingerprint density at radius 3 is 2.57 bits per heavy atom. The van der Waals surface area contributed by atoms with Gasteiger partial charge in [-0.3, -0.25) is 14.8 Å². The average Bonchev–Trinajstić information content (AvgIpc) is 3.15. The number of carbonyl (C=O) groups is 1. The third-order valence-corrected chi connectivity index (χ3v) is 6.69. The molecular weight excluding hydrogens is 454 g/mol. The summed E-state index contributed by atoms with van der Waals surface area (Å²) in [6.45, 7) is 26.4. The lowest BCUT2D eigenvalue weighted by atomic mass is 9.92. The molecule has 2 aliphatic heterocycles. The zero-order chi connectivity index (χ0) is 27.5. The molecule has 0 amide bonds. The van der Waals surface area contributed by atoms with Crippen LogP contribution >= 0.6 is 0 Å². The van der Waals surface area contributed by atoms with E-state index >= 15 is 0 Å². The van der Waals surface area contributed by atoms with Crippen LogP contribution < -0.4 is 0 Å². The number of nitrogens with zero attached hydrogens (tertiary/aromatic N) is 3. The van der Waals surface area contributed by atoms with Gasteiger partial charge in [0.05, 0.1) is 11.4 Å². The monoisotopic (exact) mass is 497 g/mol. The van der Waals surface area contributed by atoms with E-state index < -0.39 is 0 Å². The van der Waals surface area contributed by atoms with Crippen LogP contribution in [-0.2, 0) is 4.79 Å². The summed E-state index contributed by atoms with van der Waals surface area (Å²) in [5, 5.41) is 0. The second-order valence-electron chi connectivity index (χ2n) is 9.81. The van der Waals surface area contributed by atoms with Crippen LogP contribution in [0.1, 0.15) is 53.4 Å². The molecule has 0 radical (unpaired) electrons. The molecule has 2 aliphatic rings. The molecule has 2 rings (SSSR count). The van der Waals surface area contributed by atoms with E-state index in [0.29, 0.717) is 23.4 Å². The summed E-state index contributed by atoms with van der Waals surface area (Å²) in [5.74, 6) is -0.0177. The second-order valence-corrected chi connectivity index (χ2v) is 9.81. The Balaban J connectivity index is 2.43. The largest absolute Gasteiger partial charge is 0.371 e. The normalized spacial score (nSPS) is 19.9. The van der Waals surface area contributed by atoms with Gasteiger partial charge in [-0.25, -0.2) is 0 Å². The Morgan fingerprint density at radius 2 is 1.95 bits per heavy atom. The van der Waals surface area contributed by atoms with E-state index in [2.05, 4.69) is 68.3 Å². The van der Waals surface area contributed by atoms with Crippen LogP contribution in [0, 0.1) is 5.92 Å². The third-order valence-electron chi connectivity index (χ3n) is 6.69. The van der Waals surface area contributed by atoms with Crippen molar-refractivity contribution in [2.24, 2.45) is 15.9 Å². The first-order chi connectivity index (χ1) is 17.6. The zero-order valence-electron chi connectivity index (χ0n) is 23.4. The third kappa shape index (κ3) is 8.82. The minimum absolute atomic E-state index is 0.106. The van der Waals surface area contributed by atoms with Crippen molar-refractivity contribution in [2.45, 2.75) is 53.4 Å². The van der Waals surface area contributed by atoms with E-state index in [4.69, 9.17) is 4.99 Å². The molecule has 0 spiro atoms. The number of likely N-dealkylation sites (tertiary alicyclic amines) is 1.